The van der Waals surface area contributed by atoms with E-state index in [0.29, 0.717) is 16.7 Å². The Bertz CT molecular complexity index is 1210. The van der Waals surface area contributed by atoms with Gasteiger partial charge in [-0.1, -0.05) is 29.3 Å². The predicted octanol–water partition coefficient (Wildman–Crippen LogP) is 5.49. The van der Waals surface area contributed by atoms with E-state index in [1.807, 2.05) is 48.5 Å². The van der Waals surface area contributed by atoms with Crippen LogP contribution in [0.3, 0.4) is 0 Å². The summed E-state index contributed by atoms with van der Waals surface area (Å²) in [7, 11) is 0. The zero-order valence-electron chi connectivity index (χ0n) is 14.6. The Morgan fingerprint density at radius 1 is 0.929 bits per heavy atom. The molecule has 0 radical (unpaired) electrons. The monoisotopic (exact) mass is 411 g/mol. The van der Waals surface area contributed by atoms with Crippen LogP contribution in [0.4, 0.5) is 5.69 Å². The van der Waals surface area contributed by atoms with Crippen molar-refractivity contribution in [1.29, 1.82) is 0 Å². The second-order valence-corrected chi connectivity index (χ2v) is 7.00. The number of ether oxygens (including phenoxy) is 1. The van der Waals surface area contributed by atoms with Gasteiger partial charge in [0, 0.05) is 21.8 Å². The van der Waals surface area contributed by atoms with Crippen LogP contribution in [-0.4, -0.2) is 16.2 Å². The summed E-state index contributed by atoms with van der Waals surface area (Å²) in [6.07, 6.45) is 1.76. The van der Waals surface area contributed by atoms with Gasteiger partial charge in [-0.3, -0.25) is 4.99 Å². The molecule has 1 heterocycles. The number of aliphatic imine (C=N–C) groups is 1. The molecule has 0 spiro atoms. The van der Waals surface area contributed by atoms with E-state index in [2.05, 4.69) is 15.0 Å². The summed E-state index contributed by atoms with van der Waals surface area (Å²) in [6.45, 7) is 0.359. The second-order valence-electron chi connectivity index (χ2n) is 6.16. The Kier molecular flexibility index (Phi) is 5.19. The fourth-order valence-electron chi connectivity index (χ4n) is 2.70. The highest BCUT2D eigenvalue weighted by Gasteiger charge is 2.03. The molecule has 2 N–H and O–H groups in total. The van der Waals surface area contributed by atoms with Crippen LogP contribution in [0.25, 0.3) is 11.0 Å². The normalized spacial score (nSPS) is 11.4. The average molecular weight is 412 g/mol. The molecule has 1 aromatic heterocycles. The van der Waals surface area contributed by atoms with Gasteiger partial charge in [0.2, 0.25) is 0 Å². The molecule has 0 amide bonds. The molecule has 28 heavy (non-hydrogen) atoms. The number of aromatic nitrogens is 2. The maximum atomic E-state index is 11.3. The van der Waals surface area contributed by atoms with E-state index in [-0.39, 0.29) is 5.69 Å². The molecule has 0 bridgehead atoms. The lowest BCUT2D eigenvalue weighted by atomic mass is 10.2. The lowest BCUT2D eigenvalue weighted by Crippen LogP contribution is -1.99. The first-order valence-electron chi connectivity index (χ1n) is 8.50. The van der Waals surface area contributed by atoms with Gasteiger partial charge in [-0.05, 0) is 60.2 Å². The molecule has 7 heteroatoms. The molecule has 3 aromatic carbocycles. The molecule has 0 fully saturated rings. The summed E-state index contributed by atoms with van der Waals surface area (Å²) in [6, 6.07) is 18.4. The maximum absolute atomic E-state index is 11.3. The van der Waals surface area contributed by atoms with Gasteiger partial charge in [-0.15, -0.1) is 0 Å². The van der Waals surface area contributed by atoms with E-state index in [1.54, 1.807) is 18.3 Å². The number of halogens is 2. The maximum Gasteiger partial charge on any atom is 0.323 e. The smallest absolute Gasteiger partial charge is 0.323 e. The Balaban J connectivity index is 1.42. The largest absolute Gasteiger partial charge is 0.489 e. The van der Waals surface area contributed by atoms with E-state index in [1.165, 1.54) is 0 Å². The molecular weight excluding hydrogens is 397 g/mol. The van der Waals surface area contributed by atoms with Crippen LogP contribution in [-0.2, 0) is 6.61 Å². The zero-order valence-corrected chi connectivity index (χ0v) is 16.1. The lowest BCUT2D eigenvalue weighted by Gasteiger charge is -2.08. The molecule has 4 aromatic rings. The first-order chi connectivity index (χ1) is 13.6. The van der Waals surface area contributed by atoms with Crippen LogP contribution in [0.2, 0.25) is 10.0 Å². The van der Waals surface area contributed by atoms with Crippen LogP contribution in [0.1, 0.15) is 11.1 Å². The number of benzene rings is 3. The summed E-state index contributed by atoms with van der Waals surface area (Å²) >= 11 is 12.1. The summed E-state index contributed by atoms with van der Waals surface area (Å²) < 4.78 is 5.77. The molecule has 4 rings (SSSR count). The fourth-order valence-corrected chi connectivity index (χ4v) is 3.16. The quantitative estimate of drug-likeness (QED) is 0.426. The van der Waals surface area contributed by atoms with Crippen LogP contribution >= 0.6 is 23.2 Å². The first kappa shape index (κ1) is 18.3. The van der Waals surface area contributed by atoms with Gasteiger partial charge in [-0.25, -0.2) is 4.79 Å². The number of nitrogens with one attached hydrogen (secondary N) is 2. The average Bonchev–Trinajstić information content (AvgIpc) is 3.06. The molecule has 5 nitrogen and oxygen atoms in total. The molecule has 0 aliphatic rings. The molecule has 0 saturated carbocycles. The van der Waals surface area contributed by atoms with E-state index < -0.39 is 0 Å². The number of fused-ring (bicyclic) bond motifs is 1. The van der Waals surface area contributed by atoms with Crippen molar-refractivity contribution in [3.63, 3.8) is 0 Å². The van der Waals surface area contributed by atoms with Crippen molar-refractivity contribution >= 4 is 46.1 Å². The van der Waals surface area contributed by atoms with Gasteiger partial charge in [0.1, 0.15) is 12.4 Å². The molecule has 0 aliphatic carbocycles. The van der Waals surface area contributed by atoms with Crippen LogP contribution in [0.15, 0.2) is 70.5 Å². The van der Waals surface area contributed by atoms with Gasteiger partial charge in [0.25, 0.3) is 0 Å². The van der Waals surface area contributed by atoms with Crippen molar-refractivity contribution in [1.82, 2.24) is 9.97 Å². The van der Waals surface area contributed by atoms with Crippen molar-refractivity contribution in [3.05, 3.63) is 92.3 Å². The number of H-pyrrole nitrogens is 2. The van der Waals surface area contributed by atoms with Crippen molar-refractivity contribution in [2.45, 2.75) is 6.61 Å². The number of hydrogen-bond donors (Lipinski definition) is 2. The first-order valence-corrected chi connectivity index (χ1v) is 9.25. The number of rotatable bonds is 5. The third-order valence-corrected chi connectivity index (χ3v) is 4.74. The van der Waals surface area contributed by atoms with Crippen LogP contribution < -0.4 is 10.4 Å². The SMILES string of the molecule is O=c1[nH]c2ccc(N=Cc3ccc(OCc4ccc(Cl)cc4Cl)cc3)cc2[nH]1. The van der Waals surface area contributed by atoms with E-state index in [9.17, 15) is 4.79 Å². The lowest BCUT2D eigenvalue weighted by molar-refractivity contribution is 0.306. The zero-order chi connectivity index (χ0) is 19.5. The Hall–Kier alpha value is -3.02. The van der Waals surface area contributed by atoms with Gasteiger partial charge < -0.3 is 14.7 Å². The minimum absolute atomic E-state index is 0.230. The predicted molar refractivity (Wildman–Crippen MR) is 113 cm³/mol. The van der Waals surface area contributed by atoms with Crippen LogP contribution in [0, 0.1) is 0 Å². The Morgan fingerprint density at radius 2 is 1.71 bits per heavy atom. The molecule has 0 atom stereocenters. The van der Waals surface area contributed by atoms with E-state index in [4.69, 9.17) is 27.9 Å². The highest BCUT2D eigenvalue weighted by Crippen LogP contribution is 2.23. The summed E-state index contributed by atoms with van der Waals surface area (Å²) in [5.74, 6) is 0.731. The van der Waals surface area contributed by atoms with Gasteiger partial charge >= 0.3 is 5.69 Å². The van der Waals surface area contributed by atoms with E-state index >= 15 is 0 Å². The standard InChI is InChI=1S/C21H15Cl2N3O2/c22-15-4-3-14(18(23)9-15)12-28-17-6-1-13(2-7-17)11-24-16-5-8-19-20(10-16)26-21(27)25-19/h1-11H,12H2,(H2,25,26,27). The number of imidazole rings is 1. The Labute approximate surface area is 170 Å². The minimum atomic E-state index is -0.230. The van der Waals surface area contributed by atoms with Crippen molar-refractivity contribution in [2.24, 2.45) is 4.99 Å². The summed E-state index contributed by atoms with van der Waals surface area (Å²) in [5, 5.41) is 1.18. The van der Waals surface area contributed by atoms with Gasteiger partial charge in [-0.2, -0.15) is 0 Å². The topological polar surface area (TPSA) is 70.2 Å². The number of hydrogen-bond acceptors (Lipinski definition) is 3. The second kappa shape index (κ2) is 7.92. The number of nitrogens with zero attached hydrogens (tertiary/aromatic N) is 1. The van der Waals surface area contributed by atoms with Crippen molar-refractivity contribution in [3.8, 4) is 5.75 Å². The minimum Gasteiger partial charge on any atom is -0.489 e. The molecule has 0 unspecified atom stereocenters. The molecule has 140 valence electrons. The summed E-state index contributed by atoms with van der Waals surface area (Å²) in [4.78, 5) is 21.2. The van der Waals surface area contributed by atoms with Gasteiger partial charge in [0.15, 0.2) is 0 Å². The molecule has 0 saturated heterocycles. The third-order valence-electron chi connectivity index (χ3n) is 4.15. The molecule has 0 aliphatic heterocycles. The highest BCUT2D eigenvalue weighted by atomic mass is 35.5. The fraction of sp³-hybridized carbons (Fsp3) is 0.0476. The number of aromatic amines is 2. The van der Waals surface area contributed by atoms with Crippen molar-refractivity contribution in [2.75, 3.05) is 0 Å². The molecular formula is C21H15Cl2N3O2. The van der Waals surface area contributed by atoms with Crippen molar-refractivity contribution < 1.29 is 4.74 Å². The Morgan fingerprint density at radius 3 is 2.50 bits per heavy atom. The van der Waals surface area contributed by atoms with Gasteiger partial charge in [0.05, 0.1) is 16.7 Å². The third kappa shape index (κ3) is 4.27. The van der Waals surface area contributed by atoms with Crippen LogP contribution in [0.5, 0.6) is 5.75 Å². The summed E-state index contributed by atoms with van der Waals surface area (Å²) in [5.41, 5.74) is 3.80. The highest BCUT2D eigenvalue weighted by molar-refractivity contribution is 6.35. The van der Waals surface area contributed by atoms with E-state index in [0.717, 1.165) is 33.6 Å².